The maximum Gasteiger partial charge on any atom is 0.333 e. The number of carbonyl (C=O) groups is 1. The molecule has 0 unspecified atom stereocenters. The van der Waals surface area contributed by atoms with E-state index < -0.39 is 83.3 Å². The molecule has 1 aliphatic carbocycles. The van der Waals surface area contributed by atoms with Gasteiger partial charge >= 0.3 is 6.55 Å². The van der Waals surface area contributed by atoms with Crippen LogP contribution >= 0.6 is 11.6 Å². The highest BCUT2D eigenvalue weighted by atomic mass is 35.5. The molecule has 0 bridgehead atoms. The molecular formula is C19H15ClF7N5O2. The van der Waals surface area contributed by atoms with Crippen molar-refractivity contribution in [3.8, 4) is 0 Å². The second kappa shape index (κ2) is 8.32. The Morgan fingerprint density at radius 2 is 1.97 bits per heavy atom. The van der Waals surface area contributed by atoms with Gasteiger partial charge in [0.1, 0.15) is 11.9 Å². The van der Waals surface area contributed by atoms with Crippen molar-refractivity contribution in [3.63, 3.8) is 0 Å². The van der Waals surface area contributed by atoms with E-state index in [0.717, 1.165) is 18.2 Å². The van der Waals surface area contributed by atoms with Gasteiger partial charge in [-0.1, -0.05) is 11.6 Å². The maximum absolute atomic E-state index is 14.8. The molecule has 15 heteroatoms. The van der Waals surface area contributed by atoms with Gasteiger partial charge in [-0.25, -0.2) is 31.6 Å². The van der Waals surface area contributed by atoms with Crippen LogP contribution in [0.4, 0.5) is 36.4 Å². The molecule has 2 heterocycles. The minimum Gasteiger partial charge on any atom is -0.461 e. The van der Waals surface area contributed by atoms with Gasteiger partial charge in [-0.15, -0.1) is 0 Å². The van der Waals surface area contributed by atoms with Gasteiger partial charge in [0.15, 0.2) is 11.2 Å². The van der Waals surface area contributed by atoms with Crippen LogP contribution in [0.3, 0.4) is 0 Å². The van der Waals surface area contributed by atoms with E-state index in [-0.39, 0.29) is 10.4 Å². The third-order valence-electron chi connectivity index (χ3n) is 5.69. The number of rotatable bonds is 5. The molecule has 34 heavy (non-hydrogen) atoms. The van der Waals surface area contributed by atoms with E-state index in [0.29, 0.717) is 6.20 Å². The normalized spacial score (nSPS) is 25.8. The molecule has 2 aliphatic rings. The van der Waals surface area contributed by atoms with E-state index in [1.807, 2.05) is 0 Å². The number of anilines is 1. The number of aromatic nitrogens is 2. The zero-order chi connectivity index (χ0) is 25.0. The smallest absolute Gasteiger partial charge is 0.333 e. The zero-order valence-corrected chi connectivity index (χ0v) is 17.5. The second-order valence-corrected chi connectivity index (χ2v) is 8.24. The first-order valence-corrected chi connectivity index (χ1v) is 10.0. The van der Waals surface area contributed by atoms with Gasteiger partial charge in [-0.3, -0.25) is 4.79 Å². The van der Waals surface area contributed by atoms with Crippen molar-refractivity contribution in [1.29, 1.82) is 0 Å². The first-order valence-electron chi connectivity index (χ1n) is 9.66. The number of ether oxygens (including phenoxy) is 1. The summed E-state index contributed by atoms with van der Waals surface area (Å²) in [6, 6.07) is 1.68. The Kier molecular flexibility index (Phi) is 5.90. The summed E-state index contributed by atoms with van der Waals surface area (Å²) < 4.78 is 103. The van der Waals surface area contributed by atoms with Crippen molar-refractivity contribution in [3.05, 3.63) is 46.5 Å². The highest BCUT2D eigenvalue weighted by Gasteiger charge is 2.63. The highest BCUT2D eigenvalue weighted by Crippen LogP contribution is 2.55. The van der Waals surface area contributed by atoms with Gasteiger partial charge in [0.2, 0.25) is 0 Å². The van der Waals surface area contributed by atoms with Crippen LogP contribution in [0.2, 0.25) is 5.02 Å². The third kappa shape index (κ3) is 4.03. The minimum absolute atomic E-state index is 0.124. The topological polar surface area (TPSA) is 94.5 Å². The molecule has 3 N–H and O–H groups in total. The number of carbonyl (C=O) groups excluding carboxylic acids is 1. The van der Waals surface area contributed by atoms with Crippen LogP contribution in [-0.2, 0) is 10.3 Å². The van der Waals surface area contributed by atoms with Crippen LogP contribution in [0.15, 0.2) is 29.4 Å². The number of hydrogen-bond donors (Lipinski definition) is 2. The Balaban J connectivity index is 1.74. The number of benzene rings is 1. The molecule has 0 radical (unpaired) electrons. The van der Waals surface area contributed by atoms with Gasteiger partial charge in [-0.2, -0.15) is 13.9 Å². The second-order valence-electron chi connectivity index (χ2n) is 7.84. The van der Waals surface area contributed by atoms with Crippen molar-refractivity contribution < 1.29 is 40.3 Å². The number of nitrogens with one attached hydrogen (secondary N) is 1. The number of amidine groups is 1. The molecule has 0 saturated heterocycles. The quantitative estimate of drug-likeness (QED) is 0.574. The van der Waals surface area contributed by atoms with Gasteiger partial charge < -0.3 is 15.8 Å². The largest absolute Gasteiger partial charge is 0.461 e. The van der Waals surface area contributed by atoms with Gasteiger partial charge in [0.05, 0.1) is 11.2 Å². The number of hydrogen-bond acceptors (Lipinski definition) is 5. The summed E-state index contributed by atoms with van der Waals surface area (Å²) in [4.78, 5) is 16.0. The number of amides is 1. The van der Waals surface area contributed by atoms with E-state index in [2.05, 4.69) is 15.4 Å². The summed E-state index contributed by atoms with van der Waals surface area (Å²) in [6.07, 6.45) is -6.20. The predicted molar refractivity (Wildman–Crippen MR) is 105 cm³/mol. The van der Waals surface area contributed by atoms with Crippen LogP contribution in [0, 0.1) is 11.7 Å². The fraction of sp³-hybridized carbons (Fsp3) is 0.421. The highest BCUT2D eigenvalue weighted by molar-refractivity contribution is 6.34. The summed E-state index contributed by atoms with van der Waals surface area (Å²) >= 11 is 5.74. The van der Waals surface area contributed by atoms with Crippen LogP contribution in [0.25, 0.3) is 0 Å². The monoisotopic (exact) mass is 513 g/mol. The lowest BCUT2D eigenvalue weighted by molar-refractivity contribution is -0.0392. The molecule has 2 aromatic rings. The molecule has 1 fully saturated rings. The Hall–Kier alpha value is -3.03. The SMILES string of the molecule is NC1=N[C@@](c2cc(NC(=O)c3nn(C(F)F)cc3Cl)ccc2F)(C(F)F)[C@H]2CC(F)(F)C[C@H]2O1. The first-order chi connectivity index (χ1) is 15.8. The van der Waals surface area contributed by atoms with Crippen molar-refractivity contribution in [2.45, 2.75) is 43.4 Å². The molecule has 184 valence electrons. The standard InChI is InChI=1S/C19H15ClF7N5O2/c20-10-6-32(16(24)25)31-13(10)14(33)29-7-1-2-11(21)8(3-7)19(15(22)23)9-4-18(26,27)5-12(9)34-17(28)30-19/h1-3,6,9,12,15-16H,4-5H2,(H2,28,30)(H,29,33)/t9-,12+,19+/m0/s1. The Labute approximate surface area is 191 Å². The fourth-order valence-corrected chi connectivity index (χ4v) is 4.52. The summed E-state index contributed by atoms with van der Waals surface area (Å²) in [5.41, 5.74) is 0.977. The number of nitrogens with two attached hydrogens (primary N) is 1. The number of aliphatic imine (C=N–C) groups is 1. The van der Waals surface area contributed by atoms with E-state index in [9.17, 15) is 35.5 Å². The Morgan fingerprint density at radius 1 is 1.26 bits per heavy atom. The predicted octanol–water partition coefficient (Wildman–Crippen LogP) is 4.54. The maximum atomic E-state index is 14.8. The van der Waals surface area contributed by atoms with E-state index in [4.69, 9.17) is 22.1 Å². The lowest BCUT2D eigenvalue weighted by atomic mass is 9.75. The van der Waals surface area contributed by atoms with Gasteiger partial charge in [0.25, 0.3) is 24.3 Å². The molecule has 3 atom stereocenters. The summed E-state index contributed by atoms with van der Waals surface area (Å²) in [7, 11) is 0. The fourth-order valence-electron chi connectivity index (χ4n) is 4.29. The average molecular weight is 514 g/mol. The lowest BCUT2D eigenvalue weighted by Gasteiger charge is -2.41. The molecule has 0 spiro atoms. The van der Waals surface area contributed by atoms with E-state index >= 15 is 0 Å². The Bertz CT molecular complexity index is 1160. The van der Waals surface area contributed by atoms with Crippen LogP contribution in [0.1, 0.15) is 35.4 Å². The summed E-state index contributed by atoms with van der Waals surface area (Å²) in [6.45, 7) is -3.09. The van der Waals surface area contributed by atoms with E-state index in [1.165, 1.54) is 0 Å². The Morgan fingerprint density at radius 3 is 2.59 bits per heavy atom. The average Bonchev–Trinajstić information content (AvgIpc) is 3.27. The van der Waals surface area contributed by atoms with Gasteiger partial charge in [0, 0.05) is 30.0 Å². The van der Waals surface area contributed by atoms with Crippen LogP contribution in [-0.4, -0.2) is 40.2 Å². The molecule has 1 aliphatic heterocycles. The van der Waals surface area contributed by atoms with Crippen molar-refractivity contribution in [2.24, 2.45) is 16.6 Å². The summed E-state index contributed by atoms with van der Waals surface area (Å²) in [5.74, 6) is -7.33. The number of fused-ring (bicyclic) bond motifs is 1. The molecular weight excluding hydrogens is 499 g/mol. The van der Waals surface area contributed by atoms with Gasteiger partial charge in [-0.05, 0) is 18.2 Å². The number of nitrogens with zero attached hydrogens (tertiary/aromatic N) is 3. The van der Waals surface area contributed by atoms with Crippen molar-refractivity contribution >= 4 is 29.2 Å². The first kappa shape index (κ1) is 24.1. The zero-order valence-electron chi connectivity index (χ0n) is 16.8. The lowest BCUT2D eigenvalue weighted by Crippen LogP contribution is -2.51. The summed E-state index contributed by atoms with van der Waals surface area (Å²) in [5, 5.41) is 5.09. The number of halogens is 8. The van der Waals surface area contributed by atoms with E-state index in [1.54, 1.807) is 0 Å². The molecule has 1 aromatic heterocycles. The van der Waals surface area contributed by atoms with Crippen molar-refractivity contribution in [1.82, 2.24) is 9.78 Å². The molecule has 1 aromatic carbocycles. The number of alkyl halides is 6. The molecule has 4 rings (SSSR count). The third-order valence-corrected chi connectivity index (χ3v) is 5.97. The van der Waals surface area contributed by atoms with Crippen LogP contribution < -0.4 is 11.1 Å². The minimum atomic E-state index is -3.48. The molecule has 7 nitrogen and oxygen atoms in total. The van der Waals surface area contributed by atoms with Crippen molar-refractivity contribution in [2.75, 3.05) is 5.32 Å². The molecule has 1 saturated carbocycles. The van der Waals surface area contributed by atoms with Crippen LogP contribution in [0.5, 0.6) is 0 Å². The molecule has 1 amide bonds.